The minimum atomic E-state index is -0.713. The van der Waals surface area contributed by atoms with Gasteiger partial charge in [-0.25, -0.2) is 10.3 Å². The summed E-state index contributed by atoms with van der Waals surface area (Å²) in [6.07, 6.45) is 1.32. The van der Waals surface area contributed by atoms with Crippen LogP contribution in [-0.4, -0.2) is 35.5 Å². The van der Waals surface area contributed by atoms with Crippen LogP contribution in [-0.2, 0) is 9.53 Å². The van der Waals surface area contributed by atoms with Gasteiger partial charge in [-0.3, -0.25) is 15.3 Å². The number of benzene rings is 2. The molecule has 2 aromatic carbocycles. The maximum Gasteiger partial charge on any atom is 0.412 e. The van der Waals surface area contributed by atoms with Gasteiger partial charge in [0.1, 0.15) is 18.5 Å². The van der Waals surface area contributed by atoms with E-state index in [1.807, 2.05) is 0 Å². The first-order valence-electron chi connectivity index (χ1n) is 9.12. The van der Waals surface area contributed by atoms with Crippen molar-refractivity contribution in [1.29, 1.82) is 0 Å². The fourth-order valence-corrected chi connectivity index (χ4v) is 2.83. The average Bonchev–Trinajstić information content (AvgIpc) is 2.76. The average molecular weight is 479 g/mol. The standard InChI is InChI=1S/C21H23BrN2O6/c1-14(2-11-19(26)24-28)20(15-3-9-18(10-4-15)29-13-12-25)30-21(27)23-17-7-5-16(22)6-8-17/h2-11,14,20,25,28H,12-13H2,1H3,(H,23,27)(H,24,26)/b11-2+/t14-,20-/m0/s1. The molecule has 4 N–H and O–H groups in total. The molecule has 0 radical (unpaired) electrons. The molecule has 2 aromatic rings. The summed E-state index contributed by atoms with van der Waals surface area (Å²) in [6.45, 7) is 1.84. The third-order valence-corrected chi connectivity index (χ3v) is 4.56. The van der Waals surface area contributed by atoms with Crippen molar-refractivity contribution in [3.8, 4) is 5.75 Å². The predicted molar refractivity (Wildman–Crippen MR) is 114 cm³/mol. The molecule has 0 unspecified atom stereocenters. The van der Waals surface area contributed by atoms with E-state index >= 15 is 0 Å². The summed E-state index contributed by atoms with van der Waals surface area (Å²) in [5.74, 6) is -0.511. The van der Waals surface area contributed by atoms with Crippen LogP contribution in [0, 0.1) is 5.92 Å². The Morgan fingerprint density at radius 3 is 2.40 bits per heavy atom. The van der Waals surface area contributed by atoms with Gasteiger partial charge in [0.05, 0.1) is 6.61 Å². The van der Waals surface area contributed by atoms with Crippen molar-refractivity contribution >= 4 is 33.6 Å². The van der Waals surface area contributed by atoms with Gasteiger partial charge in [-0.1, -0.05) is 41.1 Å². The van der Waals surface area contributed by atoms with Gasteiger partial charge in [0.2, 0.25) is 0 Å². The van der Waals surface area contributed by atoms with Gasteiger partial charge >= 0.3 is 6.09 Å². The molecule has 0 aromatic heterocycles. The van der Waals surface area contributed by atoms with Gasteiger partial charge in [-0.15, -0.1) is 0 Å². The van der Waals surface area contributed by atoms with Crippen LogP contribution in [0.1, 0.15) is 18.6 Å². The highest BCUT2D eigenvalue weighted by molar-refractivity contribution is 9.10. The number of aliphatic hydroxyl groups is 1. The molecule has 0 saturated carbocycles. The third-order valence-electron chi connectivity index (χ3n) is 4.03. The van der Waals surface area contributed by atoms with Crippen LogP contribution in [0.4, 0.5) is 10.5 Å². The second kappa shape index (κ2) is 12.0. The second-order valence-corrected chi connectivity index (χ2v) is 7.21. The van der Waals surface area contributed by atoms with Crippen LogP contribution in [0.15, 0.2) is 65.2 Å². The van der Waals surface area contributed by atoms with E-state index in [0.29, 0.717) is 17.0 Å². The lowest BCUT2D eigenvalue weighted by atomic mass is 9.96. The summed E-state index contributed by atoms with van der Waals surface area (Å²) in [4.78, 5) is 23.7. The molecular formula is C21H23BrN2O6. The molecule has 0 spiro atoms. The lowest BCUT2D eigenvalue weighted by Gasteiger charge is -2.23. The summed E-state index contributed by atoms with van der Waals surface area (Å²) in [7, 11) is 0. The molecule has 2 atom stereocenters. The van der Waals surface area contributed by atoms with E-state index < -0.39 is 18.1 Å². The number of hydroxylamine groups is 1. The third kappa shape index (κ3) is 7.51. The molecule has 160 valence electrons. The van der Waals surface area contributed by atoms with E-state index in [-0.39, 0.29) is 19.1 Å². The summed E-state index contributed by atoms with van der Waals surface area (Å²) < 4.78 is 11.9. The van der Waals surface area contributed by atoms with Crippen molar-refractivity contribution in [2.45, 2.75) is 13.0 Å². The fraction of sp³-hybridized carbons (Fsp3) is 0.238. The van der Waals surface area contributed by atoms with Crippen LogP contribution < -0.4 is 15.5 Å². The molecule has 30 heavy (non-hydrogen) atoms. The molecular weight excluding hydrogens is 456 g/mol. The highest BCUT2D eigenvalue weighted by atomic mass is 79.9. The van der Waals surface area contributed by atoms with Crippen LogP contribution >= 0.6 is 15.9 Å². The Morgan fingerprint density at radius 2 is 1.80 bits per heavy atom. The van der Waals surface area contributed by atoms with E-state index in [1.165, 1.54) is 11.6 Å². The maximum atomic E-state index is 12.4. The Balaban J connectivity index is 2.17. The van der Waals surface area contributed by atoms with Crippen LogP contribution in [0.5, 0.6) is 5.75 Å². The van der Waals surface area contributed by atoms with E-state index in [4.69, 9.17) is 19.8 Å². The number of carbonyl (C=O) groups is 2. The Hall–Kier alpha value is -2.88. The number of carbonyl (C=O) groups excluding carboxylic acids is 2. The summed E-state index contributed by atoms with van der Waals surface area (Å²) >= 11 is 3.33. The molecule has 0 aliphatic carbocycles. The van der Waals surface area contributed by atoms with Crippen molar-refractivity contribution in [3.63, 3.8) is 0 Å². The molecule has 0 aliphatic rings. The highest BCUT2D eigenvalue weighted by Crippen LogP contribution is 2.29. The predicted octanol–water partition coefficient (Wildman–Crippen LogP) is 3.81. The lowest BCUT2D eigenvalue weighted by molar-refractivity contribution is -0.124. The van der Waals surface area contributed by atoms with Gasteiger partial charge in [0, 0.05) is 22.2 Å². The Bertz CT molecular complexity index is 855. The molecule has 9 heteroatoms. The van der Waals surface area contributed by atoms with Crippen molar-refractivity contribution in [2.75, 3.05) is 18.5 Å². The smallest absolute Gasteiger partial charge is 0.412 e. The number of hydrogen-bond donors (Lipinski definition) is 4. The van der Waals surface area contributed by atoms with Crippen molar-refractivity contribution in [3.05, 3.63) is 70.7 Å². The number of hydrogen-bond acceptors (Lipinski definition) is 6. The van der Waals surface area contributed by atoms with Crippen molar-refractivity contribution < 1.29 is 29.4 Å². The van der Waals surface area contributed by atoms with E-state index in [0.717, 1.165) is 10.5 Å². The molecule has 0 bridgehead atoms. The van der Waals surface area contributed by atoms with Gasteiger partial charge in [-0.2, -0.15) is 0 Å². The van der Waals surface area contributed by atoms with Gasteiger partial charge in [0.25, 0.3) is 5.91 Å². The van der Waals surface area contributed by atoms with E-state index in [1.54, 1.807) is 55.5 Å². The normalized spacial score (nSPS) is 12.8. The lowest BCUT2D eigenvalue weighted by Crippen LogP contribution is -2.22. The zero-order valence-electron chi connectivity index (χ0n) is 16.2. The molecule has 0 saturated heterocycles. The van der Waals surface area contributed by atoms with Gasteiger partial charge in [-0.05, 0) is 42.0 Å². The monoisotopic (exact) mass is 478 g/mol. The second-order valence-electron chi connectivity index (χ2n) is 6.29. The molecule has 8 nitrogen and oxygen atoms in total. The number of ether oxygens (including phenoxy) is 2. The maximum absolute atomic E-state index is 12.4. The first-order valence-corrected chi connectivity index (χ1v) is 9.91. The Labute approximate surface area is 182 Å². The summed E-state index contributed by atoms with van der Waals surface area (Å²) in [6, 6.07) is 13.9. The summed E-state index contributed by atoms with van der Waals surface area (Å²) in [5.41, 5.74) is 2.76. The molecule has 0 fully saturated rings. The highest BCUT2D eigenvalue weighted by Gasteiger charge is 2.22. The van der Waals surface area contributed by atoms with E-state index in [2.05, 4.69) is 21.2 Å². The largest absolute Gasteiger partial charge is 0.491 e. The molecule has 0 heterocycles. The van der Waals surface area contributed by atoms with E-state index in [9.17, 15) is 9.59 Å². The van der Waals surface area contributed by atoms with Gasteiger partial charge in [0.15, 0.2) is 0 Å². The topological polar surface area (TPSA) is 117 Å². The zero-order chi connectivity index (χ0) is 21.9. The SMILES string of the molecule is C[C@@H](/C=C/C(=O)NO)[C@H](OC(=O)Nc1ccc(Br)cc1)c1ccc(OCCO)cc1. The number of nitrogens with one attached hydrogen (secondary N) is 2. The minimum absolute atomic E-state index is 0.0987. The number of amides is 2. The van der Waals surface area contributed by atoms with Crippen molar-refractivity contribution in [1.82, 2.24) is 5.48 Å². The van der Waals surface area contributed by atoms with Crippen molar-refractivity contribution in [2.24, 2.45) is 5.92 Å². The number of rotatable bonds is 9. The fourth-order valence-electron chi connectivity index (χ4n) is 2.57. The quantitative estimate of drug-likeness (QED) is 0.247. The number of halogens is 1. The van der Waals surface area contributed by atoms with Crippen LogP contribution in [0.25, 0.3) is 0 Å². The van der Waals surface area contributed by atoms with Gasteiger partial charge < -0.3 is 14.6 Å². The molecule has 2 rings (SSSR count). The minimum Gasteiger partial charge on any atom is -0.491 e. The molecule has 2 amide bonds. The van der Waals surface area contributed by atoms with Crippen LogP contribution in [0.2, 0.25) is 0 Å². The number of aliphatic hydroxyl groups excluding tert-OH is 1. The molecule has 0 aliphatic heterocycles. The number of anilines is 1. The van der Waals surface area contributed by atoms with Crippen LogP contribution in [0.3, 0.4) is 0 Å². The summed E-state index contributed by atoms with van der Waals surface area (Å²) in [5, 5.41) is 20.2. The first-order chi connectivity index (χ1) is 14.4. The zero-order valence-corrected chi connectivity index (χ0v) is 17.8. The Kier molecular flexibility index (Phi) is 9.33. The first kappa shape index (κ1) is 23.4. The Morgan fingerprint density at radius 1 is 1.13 bits per heavy atom.